The number of fused-ring (bicyclic) bond motifs is 2. The van der Waals surface area contributed by atoms with E-state index in [0.29, 0.717) is 5.95 Å². The Morgan fingerprint density at radius 3 is 2.53 bits per heavy atom. The van der Waals surface area contributed by atoms with E-state index in [-0.39, 0.29) is 6.04 Å². The highest BCUT2D eigenvalue weighted by Gasteiger charge is 2.22. The summed E-state index contributed by atoms with van der Waals surface area (Å²) in [4.78, 5) is 26.4. The van der Waals surface area contributed by atoms with Gasteiger partial charge in [-0.2, -0.15) is 4.98 Å². The number of nitrogens with one attached hydrogen (secondary N) is 1. The Morgan fingerprint density at radius 2 is 1.74 bits per heavy atom. The predicted molar refractivity (Wildman–Crippen MR) is 132 cm³/mol. The minimum Gasteiger partial charge on any atom is -0.443 e. The van der Waals surface area contributed by atoms with Crippen molar-refractivity contribution in [2.75, 3.05) is 5.32 Å². The zero-order chi connectivity index (χ0) is 23.9. The fraction of sp³-hybridized carbons (Fsp3) is 0.231. The van der Waals surface area contributed by atoms with Gasteiger partial charge in [0, 0.05) is 23.3 Å². The summed E-state index contributed by atoms with van der Waals surface area (Å²) in [5.74, 6) is 1.20. The largest absolute Gasteiger partial charge is 0.443 e. The molecule has 5 rings (SSSR count). The Labute approximate surface area is 197 Å². The van der Waals surface area contributed by atoms with Crippen molar-refractivity contribution >= 4 is 34.0 Å². The highest BCUT2D eigenvalue weighted by molar-refractivity contribution is 5.92. The Kier molecular flexibility index (Phi) is 5.28. The number of para-hydroxylation sites is 3. The number of hydrogen-bond donors (Lipinski definition) is 1. The summed E-state index contributed by atoms with van der Waals surface area (Å²) in [5.41, 5.74) is 3.03. The SMILES string of the molecule is CC(Nc1nccc(-n2cnc3ccccc32)n1)c1cn(C(=O)OC(C)(C)C)c2ccccc12. The van der Waals surface area contributed by atoms with E-state index in [1.165, 1.54) is 0 Å². The quantitative estimate of drug-likeness (QED) is 0.373. The molecule has 1 N–H and O–H groups in total. The van der Waals surface area contributed by atoms with Crippen molar-refractivity contribution in [3.05, 3.63) is 78.9 Å². The number of carbonyl (C=O) groups excluding carboxylic acids is 1. The van der Waals surface area contributed by atoms with Gasteiger partial charge in [0.1, 0.15) is 17.7 Å². The fourth-order valence-electron chi connectivity index (χ4n) is 3.98. The third-order valence-corrected chi connectivity index (χ3v) is 5.49. The first-order valence-corrected chi connectivity index (χ1v) is 11.2. The predicted octanol–water partition coefficient (Wildman–Crippen LogP) is 5.73. The monoisotopic (exact) mass is 454 g/mol. The van der Waals surface area contributed by atoms with Crippen LogP contribution >= 0.6 is 0 Å². The van der Waals surface area contributed by atoms with Crippen LogP contribution < -0.4 is 5.32 Å². The average molecular weight is 455 g/mol. The molecule has 1 unspecified atom stereocenters. The van der Waals surface area contributed by atoms with Crippen molar-refractivity contribution in [1.29, 1.82) is 0 Å². The first-order valence-electron chi connectivity index (χ1n) is 11.2. The number of imidazole rings is 1. The lowest BCUT2D eigenvalue weighted by atomic mass is 10.1. The zero-order valence-electron chi connectivity index (χ0n) is 19.6. The molecular formula is C26H26N6O2. The summed E-state index contributed by atoms with van der Waals surface area (Å²) in [7, 11) is 0. The van der Waals surface area contributed by atoms with E-state index in [1.807, 2.05) is 93.1 Å². The van der Waals surface area contributed by atoms with E-state index in [2.05, 4.69) is 15.3 Å². The van der Waals surface area contributed by atoms with Gasteiger partial charge in [0.15, 0.2) is 0 Å². The molecule has 0 saturated carbocycles. The Hall–Kier alpha value is -4.20. The van der Waals surface area contributed by atoms with Crippen LogP contribution in [0.1, 0.15) is 39.3 Å². The summed E-state index contributed by atoms with van der Waals surface area (Å²) in [5, 5.41) is 4.34. The highest BCUT2D eigenvalue weighted by atomic mass is 16.6. The zero-order valence-corrected chi connectivity index (χ0v) is 19.6. The minimum absolute atomic E-state index is 0.164. The second-order valence-electron chi connectivity index (χ2n) is 9.16. The van der Waals surface area contributed by atoms with Crippen molar-refractivity contribution in [3.63, 3.8) is 0 Å². The standard InChI is InChI=1S/C26H26N6O2/c1-17(19-15-31(25(33)34-26(2,3)4)21-11-7-5-9-18(19)21)29-24-27-14-13-23(30-24)32-16-28-20-10-6-8-12-22(20)32/h5-17H,1-4H3,(H,27,29,30). The number of hydrogen-bond acceptors (Lipinski definition) is 6. The van der Waals surface area contributed by atoms with E-state index in [0.717, 1.165) is 33.3 Å². The van der Waals surface area contributed by atoms with Crippen molar-refractivity contribution in [2.24, 2.45) is 0 Å². The number of nitrogens with zero attached hydrogens (tertiary/aromatic N) is 5. The van der Waals surface area contributed by atoms with Crippen LogP contribution in [0.25, 0.3) is 27.8 Å². The lowest BCUT2D eigenvalue weighted by Gasteiger charge is -2.19. The Bertz CT molecular complexity index is 1490. The number of benzene rings is 2. The average Bonchev–Trinajstić information content (AvgIpc) is 3.40. The van der Waals surface area contributed by atoms with Crippen LogP contribution in [-0.2, 0) is 4.74 Å². The fourth-order valence-corrected chi connectivity index (χ4v) is 3.98. The van der Waals surface area contributed by atoms with Gasteiger partial charge in [0.05, 0.1) is 22.6 Å². The molecule has 0 aliphatic rings. The van der Waals surface area contributed by atoms with Crippen LogP contribution in [0, 0.1) is 0 Å². The van der Waals surface area contributed by atoms with Crippen LogP contribution in [0.15, 0.2) is 73.3 Å². The van der Waals surface area contributed by atoms with Crippen LogP contribution in [0.3, 0.4) is 0 Å². The Balaban J connectivity index is 1.46. The van der Waals surface area contributed by atoms with Crippen molar-refractivity contribution in [1.82, 2.24) is 24.1 Å². The molecule has 3 heterocycles. The first-order chi connectivity index (χ1) is 16.3. The molecule has 2 aromatic carbocycles. The van der Waals surface area contributed by atoms with Gasteiger partial charge in [0.25, 0.3) is 0 Å². The van der Waals surface area contributed by atoms with Gasteiger partial charge < -0.3 is 10.1 Å². The number of anilines is 1. The summed E-state index contributed by atoms with van der Waals surface area (Å²) in [6.07, 6.45) is 4.89. The van der Waals surface area contributed by atoms with Gasteiger partial charge in [0.2, 0.25) is 5.95 Å². The molecule has 0 amide bonds. The smallest absolute Gasteiger partial charge is 0.419 e. The number of rotatable bonds is 4. The molecule has 0 fully saturated rings. The third-order valence-electron chi connectivity index (χ3n) is 5.49. The van der Waals surface area contributed by atoms with Gasteiger partial charge in [-0.15, -0.1) is 0 Å². The summed E-state index contributed by atoms with van der Waals surface area (Å²) < 4.78 is 9.10. The van der Waals surface area contributed by atoms with Crippen LogP contribution in [0.5, 0.6) is 0 Å². The van der Waals surface area contributed by atoms with Gasteiger partial charge in [-0.3, -0.25) is 9.13 Å². The maximum Gasteiger partial charge on any atom is 0.419 e. The summed E-state index contributed by atoms with van der Waals surface area (Å²) in [6.45, 7) is 7.59. The van der Waals surface area contributed by atoms with Crippen LogP contribution in [0.2, 0.25) is 0 Å². The lowest BCUT2D eigenvalue weighted by molar-refractivity contribution is 0.0544. The van der Waals surface area contributed by atoms with Gasteiger partial charge in [-0.05, 0) is 52.0 Å². The molecule has 8 nitrogen and oxygen atoms in total. The van der Waals surface area contributed by atoms with E-state index in [1.54, 1.807) is 17.1 Å². The van der Waals surface area contributed by atoms with E-state index < -0.39 is 11.7 Å². The maximum absolute atomic E-state index is 12.8. The lowest BCUT2D eigenvalue weighted by Crippen LogP contribution is -2.26. The van der Waals surface area contributed by atoms with Gasteiger partial charge in [-0.1, -0.05) is 30.3 Å². The minimum atomic E-state index is -0.585. The molecule has 1 atom stereocenters. The second-order valence-corrected chi connectivity index (χ2v) is 9.16. The van der Waals surface area contributed by atoms with Crippen molar-refractivity contribution < 1.29 is 9.53 Å². The van der Waals surface area contributed by atoms with E-state index >= 15 is 0 Å². The van der Waals surface area contributed by atoms with E-state index in [9.17, 15) is 4.79 Å². The number of aromatic nitrogens is 5. The van der Waals surface area contributed by atoms with Crippen molar-refractivity contribution in [3.8, 4) is 5.82 Å². The molecule has 0 aliphatic carbocycles. The molecule has 0 bridgehead atoms. The van der Waals surface area contributed by atoms with E-state index in [4.69, 9.17) is 9.72 Å². The van der Waals surface area contributed by atoms with Crippen LogP contribution in [-0.4, -0.2) is 35.8 Å². The topological polar surface area (TPSA) is 86.9 Å². The Morgan fingerprint density at radius 1 is 1.00 bits per heavy atom. The van der Waals surface area contributed by atoms with Crippen molar-refractivity contribution in [2.45, 2.75) is 39.3 Å². The van der Waals surface area contributed by atoms with Gasteiger partial charge in [-0.25, -0.2) is 14.8 Å². The molecule has 34 heavy (non-hydrogen) atoms. The molecule has 0 aliphatic heterocycles. The molecule has 0 spiro atoms. The summed E-state index contributed by atoms with van der Waals surface area (Å²) >= 11 is 0. The van der Waals surface area contributed by atoms with Crippen LogP contribution in [0.4, 0.5) is 10.7 Å². The number of ether oxygens (including phenoxy) is 1. The molecule has 8 heteroatoms. The molecule has 5 aromatic rings. The maximum atomic E-state index is 12.8. The highest BCUT2D eigenvalue weighted by Crippen LogP contribution is 2.29. The molecule has 172 valence electrons. The molecule has 0 radical (unpaired) electrons. The molecule has 0 saturated heterocycles. The first kappa shape index (κ1) is 21.6. The third kappa shape index (κ3) is 4.10. The second kappa shape index (κ2) is 8.30. The number of carbonyl (C=O) groups is 1. The molecular weight excluding hydrogens is 428 g/mol. The summed E-state index contributed by atoms with van der Waals surface area (Å²) in [6, 6.07) is 17.4. The van der Waals surface area contributed by atoms with Gasteiger partial charge >= 0.3 is 6.09 Å². The molecule has 3 aromatic heterocycles. The normalized spacial score (nSPS) is 12.7.